The van der Waals surface area contributed by atoms with Gasteiger partial charge in [-0.25, -0.2) is 4.79 Å². The summed E-state index contributed by atoms with van der Waals surface area (Å²) in [5.74, 6) is -0.437. The number of hydrogen-bond acceptors (Lipinski definition) is 4. The molecule has 1 heterocycles. The smallest absolute Gasteiger partial charge is 0.361 e. The summed E-state index contributed by atoms with van der Waals surface area (Å²) in [5, 5.41) is 4.02. The van der Waals surface area contributed by atoms with Crippen LogP contribution >= 0.6 is 0 Å². The van der Waals surface area contributed by atoms with Crippen LogP contribution in [0, 0.1) is 0 Å². The van der Waals surface area contributed by atoms with Crippen LogP contribution in [-0.4, -0.2) is 22.4 Å². The van der Waals surface area contributed by atoms with Gasteiger partial charge in [0, 0.05) is 12.7 Å². The minimum Gasteiger partial charge on any atom is -0.461 e. The Kier molecular flexibility index (Phi) is 4.15. The number of unbranched alkanes of at least 4 members (excludes halogenated alkanes) is 1. The molecule has 5 heteroatoms. The average molecular weight is 211 g/mol. The predicted octanol–water partition coefficient (Wildman–Crippen LogP) is 1.44. The van der Waals surface area contributed by atoms with Crippen LogP contribution in [0.2, 0.25) is 0 Å². The number of hydrogen-bond donors (Lipinski definition) is 1. The van der Waals surface area contributed by atoms with E-state index in [0.29, 0.717) is 18.8 Å². The molecule has 1 rings (SSSR count). The van der Waals surface area contributed by atoms with Crippen molar-refractivity contribution >= 4 is 11.7 Å². The van der Waals surface area contributed by atoms with E-state index in [2.05, 4.69) is 5.10 Å². The predicted molar refractivity (Wildman–Crippen MR) is 57.5 cm³/mol. The summed E-state index contributed by atoms with van der Waals surface area (Å²) in [7, 11) is 0. The molecule has 0 fully saturated rings. The highest BCUT2D eigenvalue weighted by Crippen LogP contribution is 2.10. The van der Waals surface area contributed by atoms with Gasteiger partial charge in [0.15, 0.2) is 5.69 Å². The van der Waals surface area contributed by atoms with Gasteiger partial charge in [0.2, 0.25) is 0 Å². The van der Waals surface area contributed by atoms with Crippen molar-refractivity contribution in [1.82, 2.24) is 9.78 Å². The van der Waals surface area contributed by atoms with Crippen molar-refractivity contribution in [2.45, 2.75) is 33.2 Å². The third-order valence-electron chi connectivity index (χ3n) is 2.04. The third kappa shape index (κ3) is 2.97. The lowest BCUT2D eigenvalue weighted by Crippen LogP contribution is -2.09. The second-order valence-electron chi connectivity index (χ2n) is 3.28. The van der Waals surface area contributed by atoms with Gasteiger partial charge in [0.05, 0.1) is 12.3 Å². The van der Waals surface area contributed by atoms with Crippen LogP contribution in [0.1, 0.15) is 37.2 Å². The molecule has 2 N–H and O–H groups in total. The quantitative estimate of drug-likeness (QED) is 0.591. The fourth-order valence-corrected chi connectivity index (χ4v) is 1.13. The van der Waals surface area contributed by atoms with Gasteiger partial charge in [-0.3, -0.25) is 4.68 Å². The Balaban J connectivity index is 2.60. The van der Waals surface area contributed by atoms with Crippen molar-refractivity contribution in [1.29, 1.82) is 0 Å². The second-order valence-corrected chi connectivity index (χ2v) is 3.28. The number of aryl methyl sites for hydroxylation is 1. The van der Waals surface area contributed by atoms with Crippen molar-refractivity contribution in [3.63, 3.8) is 0 Å². The summed E-state index contributed by atoms with van der Waals surface area (Å²) in [5.41, 5.74) is 6.23. The topological polar surface area (TPSA) is 70.1 Å². The maximum Gasteiger partial charge on any atom is 0.361 e. The highest BCUT2D eigenvalue weighted by atomic mass is 16.5. The highest BCUT2D eigenvalue weighted by molar-refractivity contribution is 5.92. The lowest BCUT2D eigenvalue weighted by molar-refractivity contribution is 0.0493. The Hall–Kier alpha value is -1.52. The molecule has 0 unspecified atom stereocenters. The molecule has 15 heavy (non-hydrogen) atoms. The van der Waals surface area contributed by atoms with E-state index in [1.54, 1.807) is 10.9 Å². The van der Waals surface area contributed by atoms with Crippen molar-refractivity contribution in [2.24, 2.45) is 0 Å². The van der Waals surface area contributed by atoms with E-state index in [1.807, 2.05) is 13.8 Å². The van der Waals surface area contributed by atoms with Crippen LogP contribution < -0.4 is 5.73 Å². The van der Waals surface area contributed by atoms with Gasteiger partial charge in [-0.1, -0.05) is 13.3 Å². The molecule has 1 aromatic heterocycles. The Morgan fingerprint density at radius 1 is 1.60 bits per heavy atom. The van der Waals surface area contributed by atoms with Gasteiger partial charge in [0.1, 0.15) is 0 Å². The lowest BCUT2D eigenvalue weighted by atomic mass is 10.3. The van der Waals surface area contributed by atoms with Crippen LogP contribution in [0.15, 0.2) is 6.20 Å². The molecule has 0 aromatic carbocycles. The first-order valence-electron chi connectivity index (χ1n) is 5.19. The molecule has 0 atom stereocenters. The van der Waals surface area contributed by atoms with E-state index >= 15 is 0 Å². The Morgan fingerprint density at radius 3 is 2.87 bits per heavy atom. The maximum absolute atomic E-state index is 11.5. The Bertz CT molecular complexity index is 333. The van der Waals surface area contributed by atoms with Gasteiger partial charge < -0.3 is 10.5 Å². The van der Waals surface area contributed by atoms with Crippen molar-refractivity contribution < 1.29 is 9.53 Å². The van der Waals surface area contributed by atoms with Crippen LogP contribution in [0.4, 0.5) is 5.69 Å². The number of nitrogens with two attached hydrogens (primary N) is 1. The zero-order valence-electron chi connectivity index (χ0n) is 9.19. The molecule has 84 valence electrons. The van der Waals surface area contributed by atoms with E-state index < -0.39 is 5.97 Å². The molecule has 5 nitrogen and oxygen atoms in total. The number of anilines is 1. The first kappa shape index (κ1) is 11.6. The van der Waals surface area contributed by atoms with Crippen molar-refractivity contribution in [2.75, 3.05) is 12.3 Å². The number of rotatable bonds is 5. The number of nitrogens with zero attached hydrogens (tertiary/aromatic N) is 2. The molecule has 0 amide bonds. The molecule has 0 aliphatic heterocycles. The van der Waals surface area contributed by atoms with Gasteiger partial charge in [-0.05, 0) is 13.3 Å². The lowest BCUT2D eigenvalue weighted by Gasteiger charge is -2.01. The van der Waals surface area contributed by atoms with E-state index in [9.17, 15) is 4.79 Å². The van der Waals surface area contributed by atoms with Crippen molar-refractivity contribution in [3.8, 4) is 0 Å². The molecular formula is C10H17N3O2. The molecular weight excluding hydrogens is 194 g/mol. The minimum atomic E-state index is -0.437. The number of carbonyl (C=O) groups is 1. The Labute approximate surface area is 89.2 Å². The molecule has 0 saturated heterocycles. The number of aromatic nitrogens is 2. The van der Waals surface area contributed by atoms with Crippen LogP contribution in [0.25, 0.3) is 0 Å². The first-order chi connectivity index (χ1) is 7.19. The van der Waals surface area contributed by atoms with Crippen LogP contribution in [0.5, 0.6) is 0 Å². The Morgan fingerprint density at radius 2 is 2.33 bits per heavy atom. The summed E-state index contributed by atoms with van der Waals surface area (Å²) in [6, 6.07) is 0. The fourth-order valence-electron chi connectivity index (χ4n) is 1.13. The van der Waals surface area contributed by atoms with Crippen LogP contribution in [-0.2, 0) is 11.3 Å². The second kappa shape index (κ2) is 5.38. The summed E-state index contributed by atoms with van der Waals surface area (Å²) >= 11 is 0. The summed E-state index contributed by atoms with van der Waals surface area (Å²) in [6.45, 7) is 5.08. The maximum atomic E-state index is 11.5. The summed E-state index contributed by atoms with van der Waals surface area (Å²) in [6.07, 6.45) is 3.49. The van der Waals surface area contributed by atoms with E-state index in [0.717, 1.165) is 12.8 Å². The average Bonchev–Trinajstić information content (AvgIpc) is 2.60. The molecule has 1 aromatic rings. The van der Waals surface area contributed by atoms with E-state index in [-0.39, 0.29) is 5.69 Å². The van der Waals surface area contributed by atoms with E-state index in [4.69, 9.17) is 10.5 Å². The van der Waals surface area contributed by atoms with Gasteiger partial charge in [-0.15, -0.1) is 0 Å². The summed E-state index contributed by atoms with van der Waals surface area (Å²) < 4.78 is 6.63. The number of nitrogen functional groups attached to an aromatic ring is 1. The van der Waals surface area contributed by atoms with Crippen LogP contribution in [0.3, 0.4) is 0 Å². The largest absolute Gasteiger partial charge is 0.461 e. The molecule has 0 aliphatic rings. The first-order valence-corrected chi connectivity index (χ1v) is 5.19. The zero-order valence-corrected chi connectivity index (χ0v) is 9.19. The van der Waals surface area contributed by atoms with Gasteiger partial charge in [0.25, 0.3) is 0 Å². The highest BCUT2D eigenvalue weighted by Gasteiger charge is 2.15. The molecule has 0 spiro atoms. The molecule has 0 bridgehead atoms. The van der Waals surface area contributed by atoms with E-state index in [1.165, 1.54) is 0 Å². The molecule has 0 saturated carbocycles. The zero-order chi connectivity index (χ0) is 11.3. The monoisotopic (exact) mass is 211 g/mol. The fraction of sp³-hybridized carbons (Fsp3) is 0.600. The minimum absolute atomic E-state index is 0.216. The molecule has 0 radical (unpaired) electrons. The van der Waals surface area contributed by atoms with Gasteiger partial charge in [-0.2, -0.15) is 5.10 Å². The number of carbonyl (C=O) groups excluding carboxylic acids is 1. The standard InChI is InChI=1S/C10H17N3O2/c1-3-5-6-15-10(14)9-8(11)7-13(4-2)12-9/h7H,3-6,11H2,1-2H3. The number of ether oxygens (including phenoxy) is 1. The molecule has 0 aliphatic carbocycles. The SMILES string of the molecule is CCCCOC(=O)c1nn(CC)cc1N. The normalized spacial score (nSPS) is 10.3. The van der Waals surface area contributed by atoms with Gasteiger partial charge >= 0.3 is 5.97 Å². The third-order valence-corrected chi connectivity index (χ3v) is 2.04. The van der Waals surface area contributed by atoms with Crippen molar-refractivity contribution in [3.05, 3.63) is 11.9 Å². The summed E-state index contributed by atoms with van der Waals surface area (Å²) in [4.78, 5) is 11.5. The number of esters is 1.